The maximum atomic E-state index is 12.7. The highest BCUT2D eigenvalue weighted by Gasteiger charge is 2.23. The maximum Gasteiger partial charge on any atom is 0.259 e. The number of hydrogen-bond donors (Lipinski definition) is 1. The van der Waals surface area contributed by atoms with Crippen molar-refractivity contribution in [3.63, 3.8) is 0 Å². The van der Waals surface area contributed by atoms with Crippen LogP contribution in [-0.4, -0.2) is 43.2 Å². The molecule has 0 spiro atoms. The van der Waals surface area contributed by atoms with Crippen molar-refractivity contribution >= 4 is 11.6 Å². The first-order chi connectivity index (χ1) is 12.6. The monoisotopic (exact) mass is 354 g/mol. The van der Waals surface area contributed by atoms with E-state index in [9.17, 15) is 4.79 Å². The molecule has 26 heavy (non-hydrogen) atoms. The number of rotatable bonds is 5. The third-order valence-electron chi connectivity index (χ3n) is 4.51. The number of anilines is 1. The highest BCUT2D eigenvalue weighted by atomic mass is 16.5. The van der Waals surface area contributed by atoms with Gasteiger partial charge in [-0.3, -0.25) is 9.69 Å². The number of benzene rings is 2. The zero-order valence-corrected chi connectivity index (χ0v) is 15.6. The molecule has 0 bridgehead atoms. The number of methoxy groups -OCH3 is 1. The fourth-order valence-electron chi connectivity index (χ4n) is 3.46. The lowest BCUT2D eigenvalue weighted by Crippen LogP contribution is -2.44. The predicted octanol–water partition coefficient (Wildman–Crippen LogP) is 3.56. The van der Waals surface area contributed by atoms with Gasteiger partial charge in [-0.1, -0.05) is 30.3 Å². The van der Waals surface area contributed by atoms with Crippen LogP contribution in [0, 0.1) is 0 Å². The summed E-state index contributed by atoms with van der Waals surface area (Å²) in [4.78, 5) is 15.1. The molecular formula is C21H26N2O3. The smallest absolute Gasteiger partial charge is 0.259 e. The predicted molar refractivity (Wildman–Crippen MR) is 103 cm³/mol. The van der Waals surface area contributed by atoms with E-state index in [0.717, 1.165) is 30.9 Å². The van der Waals surface area contributed by atoms with Crippen LogP contribution in [0.4, 0.5) is 5.69 Å². The maximum absolute atomic E-state index is 12.7. The summed E-state index contributed by atoms with van der Waals surface area (Å²) in [6.45, 7) is 6.74. The summed E-state index contributed by atoms with van der Waals surface area (Å²) in [5.41, 5.74) is 2.45. The molecule has 0 saturated carbocycles. The quantitative estimate of drug-likeness (QED) is 0.892. The van der Waals surface area contributed by atoms with Crippen LogP contribution in [0.3, 0.4) is 0 Å². The van der Waals surface area contributed by atoms with Crippen molar-refractivity contribution in [3.8, 4) is 5.75 Å². The Bertz CT molecular complexity index is 752. The van der Waals surface area contributed by atoms with Crippen molar-refractivity contribution in [2.45, 2.75) is 32.6 Å². The van der Waals surface area contributed by atoms with Crippen molar-refractivity contribution in [2.24, 2.45) is 0 Å². The number of carbonyl (C=O) groups excluding carboxylic acids is 1. The Labute approximate surface area is 154 Å². The largest absolute Gasteiger partial charge is 0.496 e. The standard InChI is InChI=1S/C21H26N2O3/c1-15-12-23(13-16(2)26-15)14-17-8-4-6-10-19(17)22-21(24)18-9-5-7-11-20(18)25-3/h4-11,15-16H,12-14H2,1-3H3,(H,22,24). The van der Waals surface area contributed by atoms with Gasteiger partial charge >= 0.3 is 0 Å². The van der Waals surface area contributed by atoms with Crippen molar-refractivity contribution in [1.29, 1.82) is 0 Å². The van der Waals surface area contributed by atoms with Gasteiger partial charge in [-0.15, -0.1) is 0 Å². The van der Waals surface area contributed by atoms with Gasteiger partial charge in [-0.2, -0.15) is 0 Å². The van der Waals surface area contributed by atoms with E-state index in [-0.39, 0.29) is 18.1 Å². The van der Waals surface area contributed by atoms with Crippen LogP contribution >= 0.6 is 0 Å². The van der Waals surface area contributed by atoms with Gasteiger partial charge in [0.05, 0.1) is 24.9 Å². The summed E-state index contributed by atoms with van der Waals surface area (Å²) < 4.78 is 11.1. The summed E-state index contributed by atoms with van der Waals surface area (Å²) >= 11 is 0. The number of morpholine rings is 1. The highest BCUT2D eigenvalue weighted by Crippen LogP contribution is 2.23. The number of nitrogens with one attached hydrogen (secondary N) is 1. The molecule has 138 valence electrons. The van der Waals surface area contributed by atoms with E-state index >= 15 is 0 Å². The lowest BCUT2D eigenvalue weighted by Gasteiger charge is -2.35. The van der Waals surface area contributed by atoms with Gasteiger partial charge in [-0.05, 0) is 37.6 Å². The Morgan fingerprint density at radius 3 is 2.50 bits per heavy atom. The first kappa shape index (κ1) is 18.4. The molecule has 2 aromatic rings. The SMILES string of the molecule is COc1ccccc1C(=O)Nc1ccccc1CN1CC(C)OC(C)C1. The Morgan fingerprint density at radius 1 is 1.12 bits per heavy atom. The number of hydrogen-bond acceptors (Lipinski definition) is 4. The van der Waals surface area contributed by atoms with Crippen LogP contribution < -0.4 is 10.1 Å². The van der Waals surface area contributed by atoms with Crippen molar-refractivity contribution < 1.29 is 14.3 Å². The molecule has 2 aromatic carbocycles. The molecule has 0 aliphatic carbocycles. The number of amides is 1. The normalized spacial score (nSPS) is 20.6. The summed E-state index contributed by atoms with van der Waals surface area (Å²) in [7, 11) is 1.57. The van der Waals surface area contributed by atoms with Gasteiger partial charge < -0.3 is 14.8 Å². The number of nitrogens with zero attached hydrogens (tertiary/aromatic N) is 1. The number of carbonyl (C=O) groups is 1. The molecule has 5 heteroatoms. The molecular weight excluding hydrogens is 328 g/mol. The topological polar surface area (TPSA) is 50.8 Å². The molecule has 1 saturated heterocycles. The van der Waals surface area contributed by atoms with Gasteiger partial charge in [0.25, 0.3) is 5.91 Å². The van der Waals surface area contributed by atoms with Crippen LogP contribution in [-0.2, 0) is 11.3 Å². The second-order valence-electron chi connectivity index (χ2n) is 6.76. The molecule has 0 radical (unpaired) electrons. The Hall–Kier alpha value is -2.37. The summed E-state index contributed by atoms with van der Waals surface area (Å²) in [5, 5.41) is 3.04. The third kappa shape index (κ3) is 4.42. The fourth-order valence-corrected chi connectivity index (χ4v) is 3.46. The van der Waals surface area contributed by atoms with E-state index in [1.807, 2.05) is 30.3 Å². The van der Waals surface area contributed by atoms with Gasteiger partial charge in [0.1, 0.15) is 5.75 Å². The zero-order chi connectivity index (χ0) is 18.5. The average Bonchev–Trinajstić information content (AvgIpc) is 2.62. The number of ether oxygens (including phenoxy) is 2. The Morgan fingerprint density at radius 2 is 1.77 bits per heavy atom. The second-order valence-corrected chi connectivity index (χ2v) is 6.76. The van der Waals surface area contributed by atoms with E-state index in [1.54, 1.807) is 19.2 Å². The molecule has 2 unspecified atom stereocenters. The molecule has 1 heterocycles. The van der Waals surface area contributed by atoms with E-state index in [1.165, 1.54) is 0 Å². The molecule has 5 nitrogen and oxygen atoms in total. The Balaban J connectivity index is 1.76. The van der Waals surface area contributed by atoms with E-state index in [4.69, 9.17) is 9.47 Å². The molecule has 1 amide bonds. The van der Waals surface area contributed by atoms with E-state index in [2.05, 4.69) is 30.1 Å². The summed E-state index contributed by atoms with van der Waals surface area (Å²) in [5.74, 6) is 0.400. The minimum atomic E-state index is -0.168. The molecule has 1 aliphatic rings. The lowest BCUT2D eigenvalue weighted by atomic mass is 10.1. The van der Waals surface area contributed by atoms with Gasteiger partial charge in [0, 0.05) is 25.3 Å². The van der Waals surface area contributed by atoms with Gasteiger partial charge in [0.2, 0.25) is 0 Å². The Kier molecular flexibility index (Phi) is 5.91. The second kappa shape index (κ2) is 8.34. The highest BCUT2D eigenvalue weighted by molar-refractivity contribution is 6.06. The van der Waals surface area contributed by atoms with Gasteiger partial charge in [0.15, 0.2) is 0 Å². The van der Waals surface area contributed by atoms with Crippen LogP contribution in [0.1, 0.15) is 29.8 Å². The minimum Gasteiger partial charge on any atom is -0.496 e. The minimum absolute atomic E-state index is 0.168. The first-order valence-corrected chi connectivity index (χ1v) is 8.97. The summed E-state index contributed by atoms with van der Waals surface area (Å²) in [6.07, 6.45) is 0.433. The average molecular weight is 354 g/mol. The first-order valence-electron chi connectivity index (χ1n) is 8.97. The van der Waals surface area contributed by atoms with E-state index < -0.39 is 0 Å². The van der Waals surface area contributed by atoms with Crippen molar-refractivity contribution in [3.05, 3.63) is 59.7 Å². The molecule has 3 rings (SSSR count). The van der Waals surface area contributed by atoms with Crippen LogP contribution in [0.2, 0.25) is 0 Å². The zero-order valence-electron chi connectivity index (χ0n) is 15.6. The molecule has 2 atom stereocenters. The fraction of sp³-hybridized carbons (Fsp3) is 0.381. The molecule has 1 fully saturated rings. The van der Waals surface area contributed by atoms with Crippen LogP contribution in [0.25, 0.3) is 0 Å². The van der Waals surface area contributed by atoms with Crippen molar-refractivity contribution in [2.75, 3.05) is 25.5 Å². The van der Waals surface area contributed by atoms with Gasteiger partial charge in [-0.25, -0.2) is 0 Å². The molecule has 1 aliphatic heterocycles. The van der Waals surface area contributed by atoms with E-state index in [0.29, 0.717) is 11.3 Å². The summed E-state index contributed by atoms with van der Waals surface area (Å²) in [6, 6.07) is 15.2. The number of para-hydroxylation sites is 2. The lowest BCUT2D eigenvalue weighted by molar-refractivity contribution is -0.0704. The van der Waals surface area contributed by atoms with Crippen LogP contribution in [0.5, 0.6) is 5.75 Å². The van der Waals surface area contributed by atoms with Crippen molar-refractivity contribution in [1.82, 2.24) is 4.90 Å². The molecule has 0 aromatic heterocycles. The molecule has 1 N–H and O–H groups in total. The van der Waals surface area contributed by atoms with Crippen LogP contribution in [0.15, 0.2) is 48.5 Å². The third-order valence-corrected chi connectivity index (χ3v) is 4.51.